The Morgan fingerprint density at radius 2 is 2.12 bits per heavy atom. The molecule has 2 rings (SSSR count). The third-order valence-electron chi connectivity index (χ3n) is 4.24. The number of hydrogen-bond donors (Lipinski definition) is 0. The van der Waals surface area contributed by atoms with Crippen LogP contribution in [0.15, 0.2) is 24.3 Å². The second-order valence-corrected chi connectivity index (χ2v) is 6.27. The first-order valence-electron chi connectivity index (χ1n) is 8.00. The minimum atomic E-state index is -0.327. The lowest BCUT2D eigenvalue weighted by Crippen LogP contribution is -2.36. The number of hydrogen-bond acceptors (Lipinski definition) is 4. The summed E-state index contributed by atoms with van der Waals surface area (Å²) in [6.07, 6.45) is 0.236. The Morgan fingerprint density at radius 3 is 2.71 bits per heavy atom. The lowest BCUT2D eigenvalue weighted by Gasteiger charge is -2.22. The third kappa shape index (κ3) is 4.25. The molecule has 2 amide bonds. The maximum absolute atomic E-state index is 12.4. The van der Waals surface area contributed by atoms with E-state index in [9.17, 15) is 9.59 Å². The molecule has 1 fully saturated rings. The van der Waals surface area contributed by atoms with Gasteiger partial charge in [-0.3, -0.25) is 9.59 Å². The first-order chi connectivity index (χ1) is 11.4. The summed E-state index contributed by atoms with van der Waals surface area (Å²) in [4.78, 5) is 27.9. The molecule has 6 nitrogen and oxygen atoms in total. The number of nitrogens with zero attached hydrogens (tertiary/aromatic N) is 3. The van der Waals surface area contributed by atoms with Crippen molar-refractivity contribution in [2.75, 3.05) is 27.2 Å². The van der Waals surface area contributed by atoms with Gasteiger partial charge < -0.3 is 14.5 Å². The molecule has 0 bridgehead atoms. The smallest absolute Gasteiger partial charge is 0.227 e. The Balaban J connectivity index is 1.94. The summed E-state index contributed by atoms with van der Waals surface area (Å²) < 4.78 is 5.12. The molecule has 1 saturated heterocycles. The summed E-state index contributed by atoms with van der Waals surface area (Å²) in [5.74, 6) is 0.152. The van der Waals surface area contributed by atoms with E-state index < -0.39 is 0 Å². The van der Waals surface area contributed by atoms with Crippen molar-refractivity contribution >= 4 is 11.8 Å². The lowest BCUT2D eigenvalue weighted by molar-refractivity contribution is -0.134. The minimum Gasteiger partial charge on any atom is -0.497 e. The predicted molar refractivity (Wildman–Crippen MR) is 88.9 cm³/mol. The summed E-state index contributed by atoms with van der Waals surface area (Å²) >= 11 is 0. The summed E-state index contributed by atoms with van der Waals surface area (Å²) in [5, 5.41) is 8.86. The number of ether oxygens (including phenoxy) is 1. The molecule has 6 heteroatoms. The minimum absolute atomic E-state index is 0.00843. The van der Waals surface area contributed by atoms with E-state index in [2.05, 4.69) is 6.07 Å². The van der Waals surface area contributed by atoms with Gasteiger partial charge in [0.15, 0.2) is 0 Å². The number of benzene rings is 1. The number of carbonyl (C=O) groups excluding carboxylic acids is 2. The maximum atomic E-state index is 12.4. The largest absolute Gasteiger partial charge is 0.497 e. The van der Waals surface area contributed by atoms with Crippen molar-refractivity contribution in [3.8, 4) is 11.8 Å². The monoisotopic (exact) mass is 329 g/mol. The average Bonchev–Trinajstić information content (AvgIpc) is 2.95. The normalized spacial score (nSPS) is 18.2. The molecule has 1 heterocycles. The van der Waals surface area contributed by atoms with Gasteiger partial charge in [-0.2, -0.15) is 5.26 Å². The van der Waals surface area contributed by atoms with E-state index in [-0.39, 0.29) is 30.1 Å². The van der Waals surface area contributed by atoms with Gasteiger partial charge in [0.2, 0.25) is 11.8 Å². The first-order valence-corrected chi connectivity index (χ1v) is 8.00. The van der Waals surface area contributed by atoms with Crippen LogP contribution in [0.1, 0.15) is 18.9 Å². The van der Waals surface area contributed by atoms with Crippen LogP contribution in [0.3, 0.4) is 0 Å². The zero-order chi connectivity index (χ0) is 17.7. The molecule has 1 aliphatic heterocycles. The molecular weight excluding hydrogens is 306 g/mol. The van der Waals surface area contributed by atoms with E-state index in [4.69, 9.17) is 10.00 Å². The highest BCUT2D eigenvalue weighted by Crippen LogP contribution is 2.23. The summed E-state index contributed by atoms with van der Waals surface area (Å²) in [7, 11) is 3.30. The molecule has 24 heavy (non-hydrogen) atoms. The quantitative estimate of drug-likeness (QED) is 0.795. The third-order valence-corrected chi connectivity index (χ3v) is 4.24. The maximum Gasteiger partial charge on any atom is 0.227 e. The molecule has 1 aliphatic rings. The molecule has 0 saturated carbocycles. The van der Waals surface area contributed by atoms with Crippen molar-refractivity contribution < 1.29 is 14.3 Å². The number of carbonyl (C=O) groups is 2. The molecule has 0 aromatic heterocycles. The molecule has 2 atom stereocenters. The molecule has 0 N–H and O–H groups in total. The molecule has 0 unspecified atom stereocenters. The van der Waals surface area contributed by atoms with Crippen LogP contribution in [0, 0.1) is 23.2 Å². The van der Waals surface area contributed by atoms with Crippen molar-refractivity contribution in [2.24, 2.45) is 11.8 Å². The summed E-state index contributed by atoms with van der Waals surface area (Å²) in [6.45, 7) is 3.08. The van der Waals surface area contributed by atoms with Crippen LogP contribution in [-0.2, 0) is 16.1 Å². The van der Waals surface area contributed by atoms with Crippen LogP contribution >= 0.6 is 0 Å². The molecule has 128 valence electrons. The highest BCUT2D eigenvalue weighted by molar-refractivity contribution is 5.89. The Kier molecular flexibility index (Phi) is 5.80. The average molecular weight is 329 g/mol. The van der Waals surface area contributed by atoms with Crippen molar-refractivity contribution in [1.82, 2.24) is 9.80 Å². The predicted octanol–water partition coefficient (Wildman–Crippen LogP) is 1.66. The van der Waals surface area contributed by atoms with Gasteiger partial charge in [0.05, 0.1) is 25.0 Å². The van der Waals surface area contributed by atoms with Crippen LogP contribution in [-0.4, -0.2) is 48.9 Å². The molecule has 0 radical (unpaired) electrons. The van der Waals surface area contributed by atoms with Crippen LogP contribution in [0.5, 0.6) is 5.75 Å². The fourth-order valence-corrected chi connectivity index (χ4v) is 2.90. The molecule has 1 aromatic rings. The van der Waals surface area contributed by atoms with Gasteiger partial charge in [-0.25, -0.2) is 0 Å². The summed E-state index contributed by atoms with van der Waals surface area (Å²) in [5.41, 5.74) is 1.00. The van der Waals surface area contributed by atoms with Crippen molar-refractivity contribution in [2.45, 2.75) is 19.9 Å². The van der Waals surface area contributed by atoms with Gasteiger partial charge in [-0.05, 0) is 24.6 Å². The topological polar surface area (TPSA) is 73.6 Å². The van der Waals surface area contributed by atoms with E-state index in [1.165, 1.54) is 0 Å². The van der Waals surface area contributed by atoms with Crippen molar-refractivity contribution in [3.05, 3.63) is 29.8 Å². The van der Waals surface area contributed by atoms with Gasteiger partial charge in [-0.1, -0.05) is 12.1 Å². The highest BCUT2D eigenvalue weighted by atomic mass is 16.5. The lowest BCUT2D eigenvalue weighted by atomic mass is 10.1. The number of rotatable bonds is 6. The van der Waals surface area contributed by atoms with E-state index in [1.54, 1.807) is 30.9 Å². The van der Waals surface area contributed by atoms with E-state index in [0.717, 1.165) is 11.3 Å². The van der Waals surface area contributed by atoms with Crippen molar-refractivity contribution in [3.63, 3.8) is 0 Å². The van der Waals surface area contributed by atoms with Crippen LogP contribution in [0.25, 0.3) is 0 Å². The van der Waals surface area contributed by atoms with Gasteiger partial charge in [0, 0.05) is 33.1 Å². The Labute approximate surface area is 142 Å². The highest BCUT2D eigenvalue weighted by Gasteiger charge is 2.35. The van der Waals surface area contributed by atoms with Gasteiger partial charge in [-0.15, -0.1) is 0 Å². The fourth-order valence-electron chi connectivity index (χ4n) is 2.90. The van der Waals surface area contributed by atoms with E-state index in [1.807, 2.05) is 24.3 Å². The standard InChI is InChI=1S/C18H23N3O3/c1-13(9-19)10-20(2)18(23)15-8-17(22)21(12-15)11-14-4-6-16(24-3)7-5-14/h4-7,13,15H,8,10-12H2,1-3H3/t13-,15-/m1/s1. The first kappa shape index (κ1) is 17.8. The number of likely N-dealkylation sites (tertiary alicyclic amines) is 1. The SMILES string of the molecule is COc1ccc(CN2C[C@H](C(=O)N(C)C[C@H](C)C#N)CC2=O)cc1. The number of methoxy groups -OCH3 is 1. The van der Waals surface area contributed by atoms with Gasteiger partial charge in [0.25, 0.3) is 0 Å². The number of amides is 2. The van der Waals surface area contributed by atoms with E-state index in [0.29, 0.717) is 19.6 Å². The van der Waals surface area contributed by atoms with Crippen LogP contribution in [0.4, 0.5) is 0 Å². The zero-order valence-electron chi connectivity index (χ0n) is 14.4. The van der Waals surface area contributed by atoms with E-state index >= 15 is 0 Å². The second kappa shape index (κ2) is 7.82. The Bertz CT molecular complexity index is 636. The summed E-state index contributed by atoms with van der Waals surface area (Å²) in [6, 6.07) is 9.67. The Hall–Kier alpha value is -2.55. The molecular formula is C18H23N3O3. The van der Waals surface area contributed by atoms with Gasteiger partial charge in [0.1, 0.15) is 5.75 Å². The van der Waals surface area contributed by atoms with Crippen LogP contribution in [0.2, 0.25) is 0 Å². The Morgan fingerprint density at radius 1 is 1.46 bits per heavy atom. The fraction of sp³-hybridized carbons (Fsp3) is 0.500. The van der Waals surface area contributed by atoms with Crippen molar-refractivity contribution in [1.29, 1.82) is 5.26 Å². The molecule has 0 aliphatic carbocycles. The van der Waals surface area contributed by atoms with Gasteiger partial charge >= 0.3 is 0 Å². The van der Waals surface area contributed by atoms with Crippen LogP contribution < -0.4 is 4.74 Å². The number of nitriles is 1. The molecule has 1 aromatic carbocycles. The second-order valence-electron chi connectivity index (χ2n) is 6.27. The zero-order valence-corrected chi connectivity index (χ0v) is 14.4. The molecule has 0 spiro atoms.